The molecule has 1 aliphatic heterocycles. The van der Waals surface area contributed by atoms with Crippen LogP contribution in [0.2, 0.25) is 0 Å². The Morgan fingerprint density at radius 2 is 2.24 bits per heavy atom. The Balaban J connectivity index is 1.31. The van der Waals surface area contributed by atoms with E-state index in [1.54, 1.807) is 22.0 Å². The highest BCUT2D eigenvalue weighted by Crippen LogP contribution is 2.36. The number of aromatic nitrogens is 2. The molecule has 0 bridgehead atoms. The zero-order chi connectivity index (χ0) is 22.9. The molecule has 3 heterocycles. The van der Waals surface area contributed by atoms with Gasteiger partial charge in [0, 0.05) is 18.0 Å². The predicted molar refractivity (Wildman–Crippen MR) is 130 cm³/mol. The van der Waals surface area contributed by atoms with E-state index in [0.717, 1.165) is 35.0 Å². The van der Waals surface area contributed by atoms with Gasteiger partial charge in [-0.3, -0.25) is 14.2 Å². The van der Waals surface area contributed by atoms with Gasteiger partial charge < -0.3 is 14.8 Å². The highest BCUT2D eigenvalue weighted by Gasteiger charge is 2.24. The molecule has 1 aliphatic carbocycles. The number of carbonyl (C=O) groups excluding carboxylic acids is 1. The number of thioether (sulfide) groups is 1. The molecule has 172 valence electrons. The van der Waals surface area contributed by atoms with Crippen molar-refractivity contribution in [1.82, 2.24) is 14.9 Å². The van der Waals surface area contributed by atoms with E-state index in [2.05, 4.69) is 18.8 Å². The normalized spacial score (nSPS) is 16.6. The average molecular weight is 484 g/mol. The van der Waals surface area contributed by atoms with E-state index in [1.807, 2.05) is 18.2 Å². The maximum Gasteiger partial charge on any atom is 0.263 e. The van der Waals surface area contributed by atoms with E-state index in [0.29, 0.717) is 35.7 Å². The zero-order valence-electron chi connectivity index (χ0n) is 18.4. The molecule has 1 N–H and O–H groups in total. The van der Waals surface area contributed by atoms with Crippen LogP contribution in [-0.4, -0.2) is 28.0 Å². The molecule has 2 aromatic heterocycles. The van der Waals surface area contributed by atoms with Gasteiger partial charge in [-0.25, -0.2) is 4.98 Å². The van der Waals surface area contributed by atoms with Gasteiger partial charge in [0.25, 0.3) is 5.56 Å². The summed E-state index contributed by atoms with van der Waals surface area (Å²) in [7, 11) is 0. The van der Waals surface area contributed by atoms with Gasteiger partial charge in [-0.2, -0.15) is 0 Å². The first kappa shape index (κ1) is 22.0. The smallest absolute Gasteiger partial charge is 0.263 e. The lowest BCUT2D eigenvalue weighted by Gasteiger charge is -2.17. The molecule has 1 amide bonds. The molecular weight excluding hydrogens is 458 g/mol. The third-order valence-electron chi connectivity index (χ3n) is 5.95. The minimum atomic E-state index is -0.128. The molecule has 1 aromatic carbocycles. The Labute approximate surface area is 199 Å². The van der Waals surface area contributed by atoms with Gasteiger partial charge in [0.2, 0.25) is 12.7 Å². The first-order chi connectivity index (χ1) is 16.0. The van der Waals surface area contributed by atoms with Gasteiger partial charge in [0.15, 0.2) is 16.7 Å². The molecule has 1 unspecified atom stereocenters. The largest absolute Gasteiger partial charge is 0.454 e. The van der Waals surface area contributed by atoms with Crippen molar-refractivity contribution in [2.75, 3.05) is 12.5 Å². The summed E-state index contributed by atoms with van der Waals surface area (Å²) in [5.41, 5.74) is 2.07. The van der Waals surface area contributed by atoms with Crippen LogP contribution in [0, 0.1) is 5.92 Å². The number of benzene rings is 1. The van der Waals surface area contributed by atoms with Gasteiger partial charge >= 0.3 is 0 Å². The standard InChI is InChI=1S/C24H25N3O4S2/c1-3-8-27-23(29)21-16-6-4-14(2)9-19(16)33-22(21)26-24(27)32-12-20(28)25-11-15-5-7-17-18(10-15)31-13-30-17/h3,5,7,10,14H,1,4,6,8-9,11-13H2,2H3,(H,25,28). The van der Waals surface area contributed by atoms with E-state index < -0.39 is 0 Å². The second-order valence-corrected chi connectivity index (χ2v) is 10.4. The Kier molecular flexibility index (Phi) is 6.16. The number of nitrogens with one attached hydrogen (secondary N) is 1. The third kappa shape index (κ3) is 4.39. The van der Waals surface area contributed by atoms with Crippen molar-refractivity contribution in [3.8, 4) is 11.5 Å². The summed E-state index contributed by atoms with van der Waals surface area (Å²) >= 11 is 2.90. The number of amides is 1. The van der Waals surface area contributed by atoms with E-state index in [1.165, 1.54) is 22.2 Å². The lowest BCUT2D eigenvalue weighted by molar-refractivity contribution is -0.118. The van der Waals surface area contributed by atoms with Crippen LogP contribution in [0.25, 0.3) is 10.2 Å². The van der Waals surface area contributed by atoms with Crippen molar-refractivity contribution in [3.63, 3.8) is 0 Å². The Morgan fingerprint density at radius 3 is 3.09 bits per heavy atom. The van der Waals surface area contributed by atoms with E-state index in [9.17, 15) is 9.59 Å². The SMILES string of the molecule is C=CCn1c(SCC(=O)NCc2ccc3c(c2)OCO3)nc2sc3c(c2c1=O)CCC(C)C3. The molecule has 0 radical (unpaired) electrons. The molecule has 2 aliphatic rings. The fourth-order valence-electron chi connectivity index (χ4n) is 4.24. The van der Waals surface area contributed by atoms with Crippen molar-refractivity contribution in [3.05, 3.63) is 57.2 Å². The van der Waals surface area contributed by atoms with E-state index in [4.69, 9.17) is 14.5 Å². The number of allylic oxidation sites excluding steroid dienone is 1. The van der Waals surface area contributed by atoms with Gasteiger partial charge in [0.05, 0.1) is 11.1 Å². The number of ether oxygens (including phenoxy) is 2. The first-order valence-corrected chi connectivity index (χ1v) is 12.8. The number of hydrogen-bond donors (Lipinski definition) is 1. The molecule has 9 heteroatoms. The fraction of sp³-hybridized carbons (Fsp3) is 0.375. The molecule has 5 rings (SSSR count). The lowest BCUT2D eigenvalue weighted by Crippen LogP contribution is -2.26. The number of rotatable bonds is 7. The fourth-order valence-corrected chi connectivity index (χ4v) is 6.50. The summed E-state index contributed by atoms with van der Waals surface area (Å²) in [5.74, 6) is 2.07. The summed E-state index contributed by atoms with van der Waals surface area (Å²) in [4.78, 5) is 32.7. The second-order valence-electron chi connectivity index (χ2n) is 8.38. The maximum atomic E-state index is 13.3. The molecule has 0 saturated heterocycles. The molecule has 1 atom stereocenters. The van der Waals surface area contributed by atoms with Crippen LogP contribution in [0.15, 0.2) is 40.8 Å². The van der Waals surface area contributed by atoms with E-state index in [-0.39, 0.29) is 24.0 Å². The Morgan fingerprint density at radius 1 is 1.39 bits per heavy atom. The Bertz CT molecular complexity index is 1300. The number of carbonyl (C=O) groups is 1. The first-order valence-electron chi connectivity index (χ1n) is 11.0. The van der Waals surface area contributed by atoms with Crippen LogP contribution in [0.5, 0.6) is 11.5 Å². The second kappa shape index (κ2) is 9.23. The predicted octanol–water partition coefficient (Wildman–Crippen LogP) is 3.91. The van der Waals surface area contributed by atoms with Crippen molar-refractivity contribution < 1.29 is 14.3 Å². The van der Waals surface area contributed by atoms with Crippen molar-refractivity contribution in [2.45, 2.75) is 44.4 Å². The molecule has 7 nitrogen and oxygen atoms in total. The number of aryl methyl sites for hydroxylation is 1. The van der Waals surface area contributed by atoms with Crippen LogP contribution < -0.4 is 20.3 Å². The van der Waals surface area contributed by atoms with Crippen molar-refractivity contribution >= 4 is 39.2 Å². The van der Waals surface area contributed by atoms with Crippen LogP contribution in [0.3, 0.4) is 0 Å². The van der Waals surface area contributed by atoms with Crippen LogP contribution in [-0.2, 0) is 30.7 Å². The van der Waals surface area contributed by atoms with Gasteiger partial charge in [-0.1, -0.05) is 30.8 Å². The summed E-state index contributed by atoms with van der Waals surface area (Å²) < 4.78 is 12.3. The third-order valence-corrected chi connectivity index (χ3v) is 8.08. The minimum Gasteiger partial charge on any atom is -0.454 e. The van der Waals surface area contributed by atoms with Gasteiger partial charge in [-0.15, -0.1) is 17.9 Å². The average Bonchev–Trinajstić information content (AvgIpc) is 3.41. The number of thiophene rings is 1. The Hall–Kier alpha value is -2.78. The summed E-state index contributed by atoms with van der Waals surface area (Å²) in [6.07, 6.45) is 4.72. The minimum absolute atomic E-state index is 0.0322. The summed E-state index contributed by atoms with van der Waals surface area (Å²) in [6, 6.07) is 5.61. The molecule has 3 aromatic rings. The molecule has 0 saturated carbocycles. The number of nitrogens with zero attached hydrogens (tertiary/aromatic N) is 2. The summed E-state index contributed by atoms with van der Waals surface area (Å²) in [6.45, 7) is 7.02. The van der Waals surface area contributed by atoms with Crippen molar-refractivity contribution in [1.29, 1.82) is 0 Å². The monoisotopic (exact) mass is 483 g/mol. The molecule has 0 spiro atoms. The highest BCUT2D eigenvalue weighted by molar-refractivity contribution is 7.99. The molecular formula is C24H25N3O4S2. The quantitative estimate of drug-likeness (QED) is 0.312. The topological polar surface area (TPSA) is 82.5 Å². The van der Waals surface area contributed by atoms with E-state index >= 15 is 0 Å². The maximum absolute atomic E-state index is 13.3. The van der Waals surface area contributed by atoms with Crippen molar-refractivity contribution in [2.24, 2.45) is 5.92 Å². The molecule has 33 heavy (non-hydrogen) atoms. The van der Waals surface area contributed by atoms with Crippen LogP contribution in [0.1, 0.15) is 29.3 Å². The molecule has 0 fully saturated rings. The zero-order valence-corrected chi connectivity index (χ0v) is 20.0. The number of fused-ring (bicyclic) bond motifs is 4. The lowest BCUT2D eigenvalue weighted by atomic mass is 9.89. The van der Waals surface area contributed by atoms with Crippen LogP contribution in [0.4, 0.5) is 0 Å². The van der Waals surface area contributed by atoms with Gasteiger partial charge in [0.1, 0.15) is 4.83 Å². The van der Waals surface area contributed by atoms with Crippen LogP contribution >= 0.6 is 23.1 Å². The highest BCUT2D eigenvalue weighted by atomic mass is 32.2. The summed E-state index contributed by atoms with van der Waals surface area (Å²) in [5, 5.41) is 4.22. The van der Waals surface area contributed by atoms with Gasteiger partial charge in [-0.05, 0) is 48.4 Å². The number of hydrogen-bond acceptors (Lipinski definition) is 7.